The van der Waals surface area contributed by atoms with Crippen LogP contribution >= 0.6 is 0 Å². The Labute approximate surface area is 122 Å². The number of hydrogen-bond acceptors (Lipinski definition) is 5. The van der Waals surface area contributed by atoms with Crippen molar-refractivity contribution in [2.75, 3.05) is 19.7 Å². The van der Waals surface area contributed by atoms with Gasteiger partial charge in [-0.1, -0.05) is 0 Å². The highest BCUT2D eigenvalue weighted by Crippen LogP contribution is 2.24. The van der Waals surface area contributed by atoms with Crippen LogP contribution in [0.4, 0.5) is 0 Å². The van der Waals surface area contributed by atoms with Crippen LogP contribution in [0.2, 0.25) is 0 Å². The van der Waals surface area contributed by atoms with Crippen LogP contribution < -0.4 is 10.6 Å². The van der Waals surface area contributed by atoms with Crippen molar-refractivity contribution in [3.05, 3.63) is 24.2 Å². The fourth-order valence-electron chi connectivity index (χ4n) is 2.13. The van der Waals surface area contributed by atoms with E-state index >= 15 is 0 Å². The number of furan rings is 1. The Morgan fingerprint density at radius 3 is 2.90 bits per heavy atom. The molecule has 7 nitrogen and oxygen atoms in total. The molecule has 0 bridgehead atoms. The minimum Gasteiger partial charge on any atom is -0.459 e. The summed E-state index contributed by atoms with van der Waals surface area (Å²) in [6.07, 6.45) is 1.76. The first-order valence-corrected chi connectivity index (χ1v) is 6.94. The van der Waals surface area contributed by atoms with Crippen molar-refractivity contribution in [1.29, 1.82) is 0 Å². The zero-order chi connectivity index (χ0) is 15.3. The van der Waals surface area contributed by atoms with Gasteiger partial charge in [0, 0.05) is 32.5 Å². The van der Waals surface area contributed by atoms with Gasteiger partial charge in [-0.3, -0.25) is 9.59 Å². The van der Waals surface area contributed by atoms with Crippen LogP contribution in [0.1, 0.15) is 30.3 Å². The second-order valence-electron chi connectivity index (χ2n) is 5.13. The van der Waals surface area contributed by atoms with Gasteiger partial charge >= 0.3 is 0 Å². The largest absolute Gasteiger partial charge is 0.459 e. The topological polar surface area (TPSA) is 101 Å². The number of aliphatic hydroxyl groups is 1. The molecule has 2 rings (SSSR count). The highest BCUT2D eigenvalue weighted by atomic mass is 16.5. The van der Waals surface area contributed by atoms with Gasteiger partial charge < -0.3 is 24.9 Å². The summed E-state index contributed by atoms with van der Waals surface area (Å²) in [6, 6.07) is 3.17. The SMILES string of the molecule is CC1OCCC1(O)CNC(=O)CCNC(=O)c1ccco1. The predicted molar refractivity (Wildman–Crippen MR) is 73.6 cm³/mol. The Hall–Kier alpha value is -1.86. The minimum atomic E-state index is -1.01. The zero-order valence-electron chi connectivity index (χ0n) is 11.9. The predicted octanol–water partition coefficient (Wildman–Crippen LogP) is 0.0556. The molecule has 116 valence electrons. The van der Waals surface area contributed by atoms with Crippen molar-refractivity contribution in [3.8, 4) is 0 Å². The smallest absolute Gasteiger partial charge is 0.286 e. The van der Waals surface area contributed by atoms with E-state index in [0.717, 1.165) is 0 Å². The molecule has 0 saturated carbocycles. The van der Waals surface area contributed by atoms with Gasteiger partial charge in [0.1, 0.15) is 5.60 Å². The molecule has 1 saturated heterocycles. The second kappa shape index (κ2) is 6.73. The molecule has 0 radical (unpaired) electrons. The summed E-state index contributed by atoms with van der Waals surface area (Å²) in [5.74, 6) is -0.381. The lowest BCUT2D eigenvalue weighted by Gasteiger charge is -2.26. The van der Waals surface area contributed by atoms with E-state index in [1.54, 1.807) is 19.1 Å². The molecule has 2 amide bonds. The van der Waals surface area contributed by atoms with Crippen LogP contribution in [0.15, 0.2) is 22.8 Å². The van der Waals surface area contributed by atoms with Crippen molar-refractivity contribution in [3.63, 3.8) is 0 Å². The number of hydrogen-bond donors (Lipinski definition) is 3. The molecule has 21 heavy (non-hydrogen) atoms. The van der Waals surface area contributed by atoms with Crippen LogP contribution in [0, 0.1) is 0 Å². The number of amides is 2. The van der Waals surface area contributed by atoms with E-state index in [4.69, 9.17) is 9.15 Å². The van der Waals surface area contributed by atoms with Gasteiger partial charge in [-0.05, 0) is 19.1 Å². The molecule has 1 aromatic heterocycles. The van der Waals surface area contributed by atoms with Crippen LogP contribution in [0.3, 0.4) is 0 Å². The summed E-state index contributed by atoms with van der Waals surface area (Å²) in [7, 11) is 0. The standard InChI is InChI=1S/C14H20N2O5/c1-10-14(19,5-8-20-10)9-16-12(17)4-6-15-13(18)11-3-2-7-21-11/h2-3,7,10,19H,4-6,8-9H2,1H3,(H,15,18)(H,16,17). The van der Waals surface area contributed by atoms with Gasteiger partial charge in [0.25, 0.3) is 5.91 Å². The summed E-state index contributed by atoms with van der Waals surface area (Å²) >= 11 is 0. The van der Waals surface area contributed by atoms with Crippen molar-refractivity contribution in [2.45, 2.75) is 31.5 Å². The average Bonchev–Trinajstić information content (AvgIpc) is 3.08. The average molecular weight is 296 g/mol. The summed E-state index contributed by atoms with van der Waals surface area (Å²) in [6.45, 7) is 2.63. The first-order valence-electron chi connectivity index (χ1n) is 6.94. The number of rotatable bonds is 6. The maximum absolute atomic E-state index is 11.7. The molecule has 0 aromatic carbocycles. The normalized spacial score (nSPS) is 24.8. The lowest BCUT2D eigenvalue weighted by Crippen LogP contribution is -2.47. The Bertz CT molecular complexity index is 488. The molecule has 0 aliphatic carbocycles. The number of carbonyl (C=O) groups excluding carboxylic acids is 2. The number of carbonyl (C=O) groups is 2. The van der Waals surface area contributed by atoms with Gasteiger partial charge in [-0.2, -0.15) is 0 Å². The van der Waals surface area contributed by atoms with E-state index in [1.807, 2.05) is 0 Å². The lowest BCUT2D eigenvalue weighted by molar-refractivity contribution is -0.122. The fourth-order valence-corrected chi connectivity index (χ4v) is 2.13. The molecule has 1 aromatic rings. The monoisotopic (exact) mass is 296 g/mol. The van der Waals surface area contributed by atoms with Crippen LogP contribution in [0.25, 0.3) is 0 Å². The zero-order valence-corrected chi connectivity index (χ0v) is 11.9. The van der Waals surface area contributed by atoms with E-state index in [9.17, 15) is 14.7 Å². The second-order valence-corrected chi connectivity index (χ2v) is 5.13. The van der Waals surface area contributed by atoms with Crippen molar-refractivity contribution in [1.82, 2.24) is 10.6 Å². The molecule has 2 heterocycles. The van der Waals surface area contributed by atoms with E-state index in [-0.39, 0.29) is 43.2 Å². The molecule has 1 aliphatic rings. The maximum Gasteiger partial charge on any atom is 0.286 e. The van der Waals surface area contributed by atoms with Gasteiger partial charge in [0.05, 0.1) is 12.4 Å². The Balaban J connectivity index is 1.65. The third-order valence-electron chi connectivity index (χ3n) is 3.63. The molecule has 1 fully saturated rings. The first-order chi connectivity index (χ1) is 10.0. The summed E-state index contributed by atoms with van der Waals surface area (Å²) < 4.78 is 10.2. The molecule has 2 atom stereocenters. The Morgan fingerprint density at radius 1 is 1.48 bits per heavy atom. The Kier molecular flexibility index (Phi) is 4.98. The maximum atomic E-state index is 11.7. The van der Waals surface area contributed by atoms with Crippen LogP contribution in [-0.4, -0.2) is 48.3 Å². The van der Waals surface area contributed by atoms with Crippen molar-refractivity contribution >= 4 is 11.8 Å². The van der Waals surface area contributed by atoms with Gasteiger partial charge in [-0.15, -0.1) is 0 Å². The third-order valence-corrected chi connectivity index (χ3v) is 3.63. The summed E-state index contributed by atoms with van der Waals surface area (Å²) in [4.78, 5) is 23.2. The number of nitrogens with one attached hydrogen (secondary N) is 2. The third kappa shape index (κ3) is 4.05. The molecular weight excluding hydrogens is 276 g/mol. The van der Waals surface area contributed by atoms with Gasteiger partial charge in [-0.25, -0.2) is 0 Å². The summed E-state index contributed by atoms with van der Waals surface area (Å²) in [5.41, 5.74) is -1.01. The van der Waals surface area contributed by atoms with E-state index in [1.165, 1.54) is 6.26 Å². The van der Waals surface area contributed by atoms with Crippen molar-refractivity contribution in [2.24, 2.45) is 0 Å². The first kappa shape index (κ1) is 15.5. The van der Waals surface area contributed by atoms with E-state index in [0.29, 0.717) is 13.0 Å². The molecule has 2 unspecified atom stereocenters. The van der Waals surface area contributed by atoms with Crippen molar-refractivity contribution < 1.29 is 23.8 Å². The highest BCUT2D eigenvalue weighted by molar-refractivity contribution is 5.91. The Morgan fingerprint density at radius 2 is 2.29 bits per heavy atom. The highest BCUT2D eigenvalue weighted by Gasteiger charge is 2.39. The van der Waals surface area contributed by atoms with E-state index in [2.05, 4.69) is 10.6 Å². The quantitative estimate of drug-likeness (QED) is 0.689. The minimum absolute atomic E-state index is 0.137. The van der Waals surface area contributed by atoms with Crippen LogP contribution in [0.5, 0.6) is 0 Å². The van der Waals surface area contributed by atoms with Gasteiger partial charge in [0.2, 0.25) is 5.91 Å². The lowest BCUT2D eigenvalue weighted by atomic mass is 9.97. The molecule has 7 heteroatoms. The molecule has 0 spiro atoms. The molecule has 3 N–H and O–H groups in total. The number of ether oxygens (including phenoxy) is 1. The molecular formula is C14H20N2O5. The summed E-state index contributed by atoms with van der Waals surface area (Å²) in [5, 5.41) is 15.5. The van der Waals surface area contributed by atoms with E-state index < -0.39 is 5.60 Å². The van der Waals surface area contributed by atoms with Gasteiger partial charge in [0.15, 0.2) is 5.76 Å². The van der Waals surface area contributed by atoms with Crippen LogP contribution in [-0.2, 0) is 9.53 Å². The fraction of sp³-hybridized carbons (Fsp3) is 0.571. The molecule has 1 aliphatic heterocycles.